The summed E-state index contributed by atoms with van der Waals surface area (Å²) in [7, 11) is 1.16. The van der Waals surface area contributed by atoms with Crippen molar-refractivity contribution in [3.8, 4) is 0 Å². The fourth-order valence-corrected chi connectivity index (χ4v) is 12.8. The summed E-state index contributed by atoms with van der Waals surface area (Å²) in [6.45, 7) is 10.3. The lowest BCUT2D eigenvalue weighted by Crippen LogP contribution is -2.92. The number of aliphatic hydroxyl groups is 2. The lowest BCUT2D eigenvalue weighted by Gasteiger charge is -2.75. The molecule has 7 aliphatic rings. The van der Waals surface area contributed by atoms with Gasteiger partial charge in [0.25, 0.3) is 5.97 Å². The number of cyclic esters (lactones) is 1. The quantitative estimate of drug-likeness (QED) is 0.289. The van der Waals surface area contributed by atoms with Crippen molar-refractivity contribution in [2.75, 3.05) is 7.11 Å². The Morgan fingerprint density at radius 1 is 1.04 bits per heavy atom. The second kappa shape index (κ2) is 11.1. The Hall–Kier alpha value is -4.08. The molecule has 2 saturated heterocycles. The average molecular weight is 763 g/mol. The number of carbonyl (C=O) groups excluding carboxylic acids is 4. The lowest BCUT2D eigenvalue weighted by molar-refractivity contribution is -0.457. The molecule has 1 aromatic heterocycles. The zero-order valence-electron chi connectivity index (χ0n) is 31.8. The van der Waals surface area contributed by atoms with Gasteiger partial charge in [0.2, 0.25) is 6.10 Å². The fourth-order valence-electron chi connectivity index (χ4n) is 12.8. The summed E-state index contributed by atoms with van der Waals surface area (Å²) in [5.74, 6) is -6.76. The molecule has 14 unspecified atom stereocenters. The molecule has 1 aromatic carbocycles. The third kappa shape index (κ3) is 3.83. The SMILES string of the molecule is CCC(C)C12OC3C4(O1)C1=CC(=O)OC(c5ccoc5)C1(C)CCC4(O2)C1(C)C(C(OC(C)=O)C(=O)OC)C2(C)CC1(O)C3(O)C2OC(=O)c1ccccc1. The number of ether oxygens (including phenoxy) is 7. The van der Waals surface area contributed by atoms with Crippen LogP contribution in [0, 0.1) is 28.1 Å². The molecule has 6 fully saturated rings. The molecule has 4 saturated carbocycles. The van der Waals surface area contributed by atoms with Gasteiger partial charge in [-0.25, -0.2) is 14.4 Å². The number of methoxy groups -OCH3 is 1. The zero-order chi connectivity index (χ0) is 39.4. The maximum Gasteiger partial charge on any atom is 0.347 e. The van der Waals surface area contributed by atoms with E-state index >= 15 is 0 Å². The van der Waals surface area contributed by atoms with E-state index in [4.69, 9.17) is 37.6 Å². The van der Waals surface area contributed by atoms with Crippen molar-refractivity contribution >= 4 is 23.9 Å². The van der Waals surface area contributed by atoms with Crippen LogP contribution < -0.4 is 0 Å². The Bertz CT molecular complexity index is 2030. The van der Waals surface area contributed by atoms with E-state index in [1.54, 1.807) is 50.2 Å². The van der Waals surface area contributed by atoms with Gasteiger partial charge in [0.15, 0.2) is 11.2 Å². The molecule has 4 heterocycles. The predicted molar refractivity (Wildman–Crippen MR) is 185 cm³/mol. The number of fused-ring (bicyclic) bond motifs is 4. The van der Waals surface area contributed by atoms with E-state index in [-0.39, 0.29) is 18.4 Å². The van der Waals surface area contributed by atoms with E-state index in [2.05, 4.69) is 0 Å². The molecule has 14 nitrogen and oxygen atoms in total. The second-order valence-corrected chi connectivity index (χ2v) is 17.3. The van der Waals surface area contributed by atoms with Crippen LogP contribution >= 0.6 is 0 Å². The summed E-state index contributed by atoms with van der Waals surface area (Å²) in [5.41, 5.74) is -11.3. The van der Waals surface area contributed by atoms with Crippen molar-refractivity contribution in [3.05, 3.63) is 71.7 Å². The topological polar surface area (TPSA) is 186 Å². The standard InChI is InChI=1S/C41H46O14/c1-8-21(2)41-53-33-39(47)32(52-30(44)23-12-10-9-11-13-23)35(5)20-37(39,46)36(6,28(35)27(31(45)48-7)50-22(3)42)38(54-41)16-15-34(4)25(40(33,38)55-41)18-26(43)51-29(34)24-14-17-49-19-24/h9-14,17-19,21,27-29,32-33,46-47H,8,15-16,20H2,1-7H3. The number of carbonyl (C=O) groups is 4. The summed E-state index contributed by atoms with van der Waals surface area (Å²) < 4.78 is 50.5. The Morgan fingerprint density at radius 2 is 1.76 bits per heavy atom. The highest BCUT2D eigenvalue weighted by Gasteiger charge is 3.03. The van der Waals surface area contributed by atoms with Crippen LogP contribution in [0.4, 0.5) is 0 Å². The Balaban J connectivity index is 1.36. The first-order valence-electron chi connectivity index (χ1n) is 18.9. The van der Waals surface area contributed by atoms with Crippen LogP contribution in [-0.4, -0.2) is 87.9 Å². The molecule has 9 rings (SSSR count). The van der Waals surface area contributed by atoms with Gasteiger partial charge in [-0.1, -0.05) is 52.8 Å². The maximum atomic E-state index is 14.1. The summed E-state index contributed by atoms with van der Waals surface area (Å²) in [4.78, 5) is 54.9. The molecule has 2 aromatic rings. The molecule has 14 atom stereocenters. The smallest absolute Gasteiger partial charge is 0.347 e. The van der Waals surface area contributed by atoms with E-state index < -0.39 is 105 Å². The van der Waals surface area contributed by atoms with E-state index in [1.807, 2.05) is 20.8 Å². The summed E-state index contributed by atoms with van der Waals surface area (Å²) in [6.07, 6.45) is -0.559. The summed E-state index contributed by atoms with van der Waals surface area (Å²) in [5, 5.41) is 27.5. The minimum Gasteiger partial charge on any atom is -0.472 e. The first-order valence-corrected chi connectivity index (χ1v) is 18.9. The van der Waals surface area contributed by atoms with Crippen molar-refractivity contribution in [3.63, 3.8) is 0 Å². The van der Waals surface area contributed by atoms with E-state index in [9.17, 15) is 29.4 Å². The number of esters is 4. The highest BCUT2D eigenvalue weighted by atomic mass is 17.0. The van der Waals surface area contributed by atoms with E-state index in [0.29, 0.717) is 24.0 Å². The maximum absolute atomic E-state index is 14.1. The number of furan rings is 1. The first-order chi connectivity index (χ1) is 25.9. The van der Waals surface area contributed by atoms with Gasteiger partial charge in [-0.15, -0.1) is 0 Å². The molecule has 0 amide bonds. The summed E-state index contributed by atoms with van der Waals surface area (Å²) in [6, 6.07) is 9.90. The van der Waals surface area contributed by atoms with Crippen LogP contribution in [0.5, 0.6) is 0 Å². The minimum atomic E-state index is -2.47. The average Bonchev–Trinajstić information content (AvgIpc) is 3.95. The van der Waals surface area contributed by atoms with Crippen LogP contribution in [0.2, 0.25) is 0 Å². The Morgan fingerprint density at radius 3 is 2.40 bits per heavy atom. The van der Waals surface area contributed by atoms with Crippen molar-refractivity contribution in [2.45, 2.75) is 120 Å². The fraction of sp³-hybridized carbons (Fsp3) is 0.610. The van der Waals surface area contributed by atoms with Gasteiger partial charge in [0.05, 0.1) is 25.2 Å². The van der Waals surface area contributed by atoms with Crippen LogP contribution in [-0.2, 0) is 47.5 Å². The number of benzene rings is 1. The van der Waals surface area contributed by atoms with Crippen LogP contribution in [0.3, 0.4) is 0 Å². The van der Waals surface area contributed by atoms with Crippen molar-refractivity contribution in [2.24, 2.45) is 28.1 Å². The van der Waals surface area contributed by atoms with Gasteiger partial charge in [-0.3, -0.25) is 4.79 Å². The molecule has 0 radical (unpaired) electrons. The monoisotopic (exact) mass is 762 g/mol. The predicted octanol–water partition coefficient (Wildman–Crippen LogP) is 4.08. The van der Waals surface area contributed by atoms with Gasteiger partial charge in [-0.05, 0) is 49.5 Å². The van der Waals surface area contributed by atoms with Crippen LogP contribution in [0.1, 0.15) is 89.3 Å². The third-order valence-electron chi connectivity index (χ3n) is 15.0. The van der Waals surface area contributed by atoms with E-state index in [1.165, 1.54) is 18.6 Å². The number of rotatable bonds is 8. The van der Waals surface area contributed by atoms with Gasteiger partial charge in [-0.2, -0.15) is 0 Å². The molecule has 4 bridgehead atoms. The molecule has 2 N–H and O–H groups in total. The van der Waals surface area contributed by atoms with Crippen molar-refractivity contribution < 1.29 is 67.0 Å². The molecule has 3 aliphatic heterocycles. The van der Waals surface area contributed by atoms with Gasteiger partial charge in [0, 0.05) is 46.6 Å². The zero-order valence-corrected chi connectivity index (χ0v) is 31.8. The number of hydrogen-bond donors (Lipinski definition) is 2. The highest BCUT2D eigenvalue weighted by Crippen LogP contribution is 2.88. The van der Waals surface area contributed by atoms with Crippen molar-refractivity contribution in [1.82, 2.24) is 0 Å². The van der Waals surface area contributed by atoms with Crippen LogP contribution in [0.25, 0.3) is 0 Å². The lowest BCUT2D eigenvalue weighted by atomic mass is 9.34. The number of hydrogen-bond acceptors (Lipinski definition) is 14. The molecule has 55 heavy (non-hydrogen) atoms. The first kappa shape index (κ1) is 36.6. The summed E-state index contributed by atoms with van der Waals surface area (Å²) >= 11 is 0. The van der Waals surface area contributed by atoms with Gasteiger partial charge >= 0.3 is 23.9 Å². The van der Waals surface area contributed by atoms with Gasteiger partial charge in [0.1, 0.15) is 29.5 Å². The highest BCUT2D eigenvalue weighted by molar-refractivity contribution is 5.90. The second-order valence-electron chi connectivity index (χ2n) is 17.3. The molecular weight excluding hydrogens is 716 g/mol. The Kier molecular flexibility index (Phi) is 7.35. The van der Waals surface area contributed by atoms with E-state index in [0.717, 1.165) is 14.0 Å². The van der Waals surface area contributed by atoms with Crippen molar-refractivity contribution in [1.29, 1.82) is 0 Å². The van der Waals surface area contributed by atoms with Gasteiger partial charge < -0.3 is 47.8 Å². The third-order valence-corrected chi connectivity index (χ3v) is 15.0. The molecule has 4 aliphatic carbocycles. The molecular formula is C41H46O14. The molecule has 14 heteroatoms. The largest absolute Gasteiger partial charge is 0.472 e. The normalized spacial score (nSPS) is 46.5. The van der Waals surface area contributed by atoms with Crippen LogP contribution in [0.15, 0.2) is 65.0 Å². The molecule has 1 spiro atoms. The minimum absolute atomic E-state index is 0.148. The Labute approximate surface area is 317 Å². The molecule has 294 valence electrons.